The van der Waals surface area contributed by atoms with E-state index in [0.717, 1.165) is 22.6 Å². The minimum Gasteiger partial charge on any atom is -0.378 e. The van der Waals surface area contributed by atoms with Gasteiger partial charge >= 0.3 is 0 Å². The number of anilines is 3. The molecule has 1 N–H and O–H groups in total. The van der Waals surface area contributed by atoms with Crippen LogP contribution < -0.4 is 15.1 Å². The molecular weight excluding hydrogens is 334 g/mol. The van der Waals surface area contributed by atoms with E-state index < -0.39 is 0 Å². The second kappa shape index (κ2) is 6.80. The van der Waals surface area contributed by atoms with Crippen LogP contribution in [0.15, 0.2) is 72.8 Å². The van der Waals surface area contributed by atoms with Gasteiger partial charge in [-0.15, -0.1) is 0 Å². The van der Waals surface area contributed by atoms with Crippen LogP contribution in [0.25, 0.3) is 0 Å². The largest absolute Gasteiger partial charge is 0.378 e. The smallest absolute Gasteiger partial charge is 0.262 e. The molecule has 0 saturated heterocycles. The fourth-order valence-electron chi connectivity index (χ4n) is 3.41. The SMILES string of the molecule is Cc1ccc(N2C(=O)c3ccccc3NC2c2ccc(N(C)C)cc2)cc1. The third-order valence-electron chi connectivity index (χ3n) is 4.96. The van der Waals surface area contributed by atoms with Crippen molar-refractivity contribution in [1.29, 1.82) is 0 Å². The Hall–Kier alpha value is -3.27. The Bertz CT molecular complexity index is 962. The molecule has 1 amide bonds. The van der Waals surface area contributed by atoms with Gasteiger partial charge in [-0.2, -0.15) is 0 Å². The van der Waals surface area contributed by atoms with E-state index in [1.807, 2.05) is 74.4 Å². The van der Waals surface area contributed by atoms with Crippen LogP contribution in [0.5, 0.6) is 0 Å². The Morgan fingerprint density at radius 2 is 1.56 bits per heavy atom. The molecule has 0 bridgehead atoms. The van der Waals surface area contributed by atoms with Crippen LogP contribution in [-0.4, -0.2) is 20.0 Å². The molecule has 3 aromatic carbocycles. The van der Waals surface area contributed by atoms with Gasteiger partial charge in [-0.1, -0.05) is 42.0 Å². The Labute approximate surface area is 160 Å². The van der Waals surface area contributed by atoms with Crippen LogP contribution in [0, 0.1) is 6.92 Å². The molecular formula is C23H23N3O. The molecule has 1 unspecified atom stereocenters. The lowest BCUT2D eigenvalue weighted by atomic mass is 10.0. The lowest BCUT2D eigenvalue weighted by Gasteiger charge is -2.38. The third-order valence-corrected chi connectivity index (χ3v) is 4.96. The highest BCUT2D eigenvalue weighted by Crippen LogP contribution is 2.37. The highest BCUT2D eigenvalue weighted by molar-refractivity contribution is 6.12. The third kappa shape index (κ3) is 3.14. The summed E-state index contributed by atoms with van der Waals surface area (Å²) in [6, 6.07) is 24.1. The van der Waals surface area contributed by atoms with Crippen molar-refractivity contribution in [2.45, 2.75) is 13.1 Å². The lowest BCUT2D eigenvalue weighted by Crippen LogP contribution is -2.43. The summed E-state index contributed by atoms with van der Waals surface area (Å²) >= 11 is 0. The second-order valence-electron chi connectivity index (χ2n) is 7.09. The molecule has 1 aliphatic heterocycles. The first-order chi connectivity index (χ1) is 13.0. The number of nitrogens with one attached hydrogen (secondary N) is 1. The number of carbonyl (C=O) groups excluding carboxylic acids is 1. The standard InChI is InChI=1S/C23H23N3O/c1-16-8-12-19(13-9-16)26-22(17-10-14-18(15-11-17)25(2)3)24-21-7-5-4-6-20(21)23(26)27/h4-15,22,24H,1-3H3. The quantitative estimate of drug-likeness (QED) is 0.729. The summed E-state index contributed by atoms with van der Waals surface area (Å²) in [4.78, 5) is 17.2. The van der Waals surface area contributed by atoms with Crippen molar-refractivity contribution < 1.29 is 4.79 Å². The summed E-state index contributed by atoms with van der Waals surface area (Å²) in [5.74, 6) is 0.00916. The number of aryl methyl sites for hydroxylation is 1. The number of rotatable bonds is 3. The highest BCUT2D eigenvalue weighted by atomic mass is 16.2. The van der Waals surface area contributed by atoms with Crippen LogP contribution in [0.1, 0.15) is 27.7 Å². The molecule has 4 nitrogen and oxygen atoms in total. The van der Waals surface area contributed by atoms with Gasteiger partial charge in [-0.05, 0) is 48.9 Å². The summed E-state index contributed by atoms with van der Waals surface area (Å²) in [5.41, 5.74) is 5.79. The molecule has 1 heterocycles. The fourth-order valence-corrected chi connectivity index (χ4v) is 3.41. The first kappa shape index (κ1) is 17.2. The van der Waals surface area contributed by atoms with Crippen molar-refractivity contribution in [1.82, 2.24) is 0 Å². The Balaban J connectivity index is 1.81. The monoisotopic (exact) mass is 357 g/mol. The summed E-state index contributed by atoms with van der Waals surface area (Å²) in [7, 11) is 4.04. The number of hydrogen-bond acceptors (Lipinski definition) is 3. The van der Waals surface area contributed by atoms with E-state index in [9.17, 15) is 4.79 Å². The number of fused-ring (bicyclic) bond motifs is 1. The topological polar surface area (TPSA) is 35.6 Å². The number of hydrogen-bond donors (Lipinski definition) is 1. The molecule has 0 saturated carbocycles. The van der Waals surface area contributed by atoms with Gasteiger partial charge < -0.3 is 10.2 Å². The van der Waals surface area contributed by atoms with Gasteiger partial charge in [0.1, 0.15) is 6.17 Å². The fraction of sp³-hybridized carbons (Fsp3) is 0.174. The van der Waals surface area contributed by atoms with Crippen molar-refractivity contribution in [3.63, 3.8) is 0 Å². The van der Waals surface area contributed by atoms with Crippen LogP contribution >= 0.6 is 0 Å². The molecule has 0 spiro atoms. The van der Waals surface area contributed by atoms with Crippen molar-refractivity contribution in [3.8, 4) is 0 Å². The zero-order valence-corrected chi connectivity index (χ0v) is 15.8. The molecule has 4 rings (SSSR count). The molecule has 4 heteroatoms. The average Bonchev–Trinajstić information content (AvgIpc) is 2.69. The molecule has 27 heavy (non-hydrogen) atoms. The van der Waals surface area contributed by atoms with Gasteiger partial charge in [0.15, 0.2) is 0 Å². The zero-order valence-electron chi connectivity index (χ0n) is 15.8. The number of benzene rings is 3. The van der Waals surface area contributed by atoms with E-state index in [2.05, 4.69) is 34.5 Å². The minimum atomic E-state index is -0.258. The average molecular weight is 357 g/mol. The van der Waals surface area contributed by atoms with Gasteiger partial charge in [-0.3, -0.25) is 9.69 Å². The van der Waals surface area contributed by atoms with E-state index in [-0.39, 0.29) is 12.1 Å². The predicted octanol–water partition coefficient (Wildman–Crippen LogP) is 4.83. The van der Waals surface area contributed by atoms with Crippen LogP contribution in [0.4, 0.5) is 17.1 Å². The molecule has 136 valence electrons. The summed E-state index contributed by atoms with van der Waals surface area (Å²) < 4.78 is 0. The van der Waals surface area contributed by atoms with Crippen molar-refractivity contribution in [2.24, 2.45) is 0 Å². The van der Waals surface area contributed by atoms with Crippen LogP contribution in [0.2, 0.25) is 0 Å². The van der Waals surface area contributed by atoms with Gasteiger partial charge in [0, 0.05) is 31.2 Å². The van der Waals surface area contributed by atoms with E-state index in [4.69, 9.17) is 0 Å². The molecule has 1 atom stereocenters. The van der Waals surface area contributed by atoms with Gasteiger partial charge in [0.2, 0.25) is 0 Å². The van der Waals surface area contributed by atoms with Crippen LogP contribution in [-0.2, 0) is 0 Å². The molecule has 3 aromatic rings. The summed E-state index contributed by atoms with van der Waals surface area (Å²) in [6.07, 6.45) is -0.258. The number of para-hydroxylation sites is 1. The Morgan fingerprint density at radius 3 is 2.22 bits per heavy atom. The lowest BCUT2D eigenvalue weighted by molar-refractivity contribution is 0.0975. The molecule has 0 aliphatic carbocycles. The second-order valence-corrected chi connectivity index (χ2v) is 7.09. The Kier molecular flexibility index (Phi) is 4.32. The van der Waals surface area contributed by atoms with Crippen molar-refractivity contribution in [3.05, 3.63) is 89.5 Å². The number of nitrogens with zero attached hydrogens (tertiary/aromatic N) is 2. The molecule has 0 radical (unpaired) electrons. The van der Waals surface area contributed by atoms with E-state index >= 15 is 0 Å². The van der Waals surface area contributed by atoms with Gasteiger partial charge in [0.25, 0.3) is 5.91 Å². The predicted molar refractivity (Wildman–Crippen MR) is 112 cm³/mol. The molecule has 1 aliphatic rings. The van der Waals surface area contributed by atoms with E-state index in [0.29, 0.717) is 5.56 Å². The molecule has 0 aromatic heterocycles. The summed E-state index contributed by atoms with van der Waals surface area (Å²) in [5, 5.41) is 3.55. The molecule has 0 fully saturated rings. The number of amides is 1. The minimum absolute atomic E-state index is 0.00916. The van der Waals surface area contributed by atoms with E-state index in [1.54, 1.807) is 0 Å². The van der Waals surface area contributed by atoms with Crippen molar-refractivity contribution in [2.75, 3.05) is 29.2 Å². The maximum Gasteiger partial charge on any atom is 0.262 e. The van der Waals surface area contributed by atoms with Gasteiger partial charge in [-0.25, -0.2) is 0 Å². The first-order valence-corrected chi connectivity index (χ1v) is 9.08. The summed E-state index contributed by atoms with van der Waals surface area (Å²) in [6.45, 7) is 2.05. The maximum atomic E-state index is 13.3. The van der Waals surface area contributed by atoms with Crippen molar-refractivity contribution >= 4 is 23.0 Å². The van der Waals surface area contributed by atoms with Gasteiger partial charge in [0.05, 0.1) is 5.56 Å². The highest BCUT2D eigenvalue weighted by Gasteiger charge is 2.33. The number of carbonyl (C=O) groups is 1. The zero-order chi connectivity index (χ0) is 19.0. The first-order valence-electron chi connectivity index (χ1n) is 9.08. The Morgan fingerprint density at radius 1 is 0.889 bits per heavy atom. The maximum absolute atomic E-state index is 13.3. The van der Waals surface area contributed by atoms with E-state index in [1.165, 1.54) is 5.56 Å². The van der Waals surface area contributed by atoms with Crippen LogP contribution in [0.3, 0.4) is 0 Å². The normalized spacial score (nSPS) is 15.9.